The lowest BCUT2D eigenvalue weighted by Gasteiger charge is -2.24. The Hall–Kier alpha value is -3.17. The van der Waals surface area contributed by atoms with Crippen LogP contribution in [0.1, 0.15) is 5.56 Å². The molecule has 0 amide bonds. The Morgan fingerprint density at radius 3 is 2.83 bits per heavy atom. The van der Waals surface area contributed by atoms with Gasteiger partial charge in [-0.05, 0) is 42.8 Å². The average molecular weight is 419 g/mol. The third-order valence-corrected chi connectivity index (χ3v) is 4.49. The molecular formula is C21H25NO8. The Balaban J connectivity index is 1.39. The molecule has 9 heteroatoms. The highest BCUT2D eigenvalue weighted by Crippen LogP contribution is 2.33. The van der Waals surface area contributed by atoms with Gasteiger partial charge in [-0.3, -0.25) is 0 Å². The van der Waals surface area contributed by atoms with E-state index in [1.807, 2.05) is 12.1 Å². The zero-order valence-electron chi connectivity index (χ0n) is 16.5. The van der Waals surface area contributed by atoms with Crippen molar-refractivity contribution in [2.75, 3.05) is 33.4 Å². The van der Waals surface area contributed by atoms with Crippen LogP contribution >= 0.6 is 0 Å². The van der Waals surface area contributed by atoms with Gasteiger partial charge in [0.25, 0.3) is 0 Å². The lowest BCUT2D eigenvalue weighted by Crippen LogP contribution is -2.36. The zero-order chi connectivity index (χ0) is 21.5. The summed E-state index contributed by atoms with van der Waals surface area (Å²) in [7, 11) is 1.47. The molecule has 2 atom stereocenters. The van der Waals surface area contributed by atoms with Gasteiger partial charge in [0.15, 0.2) is 23.0 Å². The largest absolute Gasteiger partial charge is 0.508 e. The van der Waals surface area contributed by atoms with E-state index < -0.39 is 18.2 Å². The Labute approximate surface area is 173 Å². The molecule has 0 saturated heterocycles. The number of carboxylic acid groups (broad SMARTS) is 1. The van der Waals surface area contributed by atoms with Gasteiger partial charge >= 0.3 is 5.97 Å². The van der Waals surface area contributed by atoms with Crippen molar-refractivity contribution in [2.45, 2.75) is 18.6 Å². The van der Waals surface area contributed by atoms with Crippen molar-refractivity contribution in [1.82, 2.24) is 5.32 Å². The smallest absolute Gasteiger partial charge is 0.348 e. The van der Waals surface area contributed by atoms with Crippen LogP contribution in [0, 0.1) is 0 Å². The van der Waals surface area contributed by atoms with Gasteiger partial charge in [0.2, 0.25) is 6.10 Å². The Kier molecular flexibility index (Phi) is 7.21. The van der Waals surface area contributed by atoms with Gasteiger partial charge in [-0.2, -0.15) is 0 Å². The summed E-state index contributed by atoms with van der Waals surface area (Å²) in [6.45, 7) is 1.01. The fraction of sp³-hybridized carbons (Fsp3) is 0.381. The molecule has 4 N–H and O–H groups in total. The molecule has 0 spiro atoms. The van der Waals surface area contributed by atoms with E-state index in [2.05, 4.69) is 5.32 Å². The van der Waals surface area contributed by atoms with Crippen LogP contribution in [0.2, 0.25) is 0 Å². The van der Waals surface area contributed by atoms with E-state index in [1.165, 1.54) is 19.2 Å². The molecule has 0 radical (unpaired) electrons. The number of carboxylic acids is 1. The molecule has 30 heavy (non-hydrogen) atoms. The molecule has 3 rings (SSSR count). The van der Waals surface area contributed by atoms with Gasteiger partial charge in [-0.1, -0.05) is 6.07 Å². The Morgan fingerprint density at radius 1 is 1.23 bits per heavy atom. The maximum absolute atomic E-state index is 11.0. The second-order valence-electron chi connectivity index (χ2n) is 6.79. The molecule has 2 aromatic rings. The number of carbonyl (C=O) groups is 1. The summed E-state index contributed by atoms with van der Waals surface area (Å²) in [6, 6.07) is 9.88. The van der Waals surface area contributed by atoms with Crippen LogP contribution in [0.3, 0.4) is 0 Å². The monoisotopic (exact) mass is 419 g/mol. The number of phenolic OH excluding ortho intramolecular Hbond substituents is 1. The minimum atomic E-state index is -1.06. The van der Waals surface area contributed by atoms with E-state index in [1.54, 1.807) is 12.1 Å². The van der Waals surface area contributed by atoms with Crippen molar-refractivity contribution in [3.63, 3.8) is 0 Å². The number of methoxy groups -OCH3 is 1. The summed E-state index contributed by atoms with van der Waals surface area (Å²) in [4.78, 5) is 11.0. The number of phenols is 1. The highest BCUT2D eigenvalue weighted by molar-refractivity contribution is 5.73. The number of aliphatic hydroxyl groups is 1. The number of nitrogens with one attached hydrogen (secondary N) is 1. The van der Waals surface area contributed by atoms with Crippen molar-refractivity contribution in [3.05, 3.63) is 42.0 Å². The normalized spacial score (nSPS) is 16.0. The van der Waals surface area contributed by atoms with Crippen LogP contribution in [-0.2, 0) is 11.2 Å². The Morgan fingerprint density at radius 2 is 2.07 bits per heavy atom. The molecule has 0 fully saturated rings. The van der Waals surface area contributed by atoms with Crippen LogP contribution in [0.25, 0.3) is 0 Å². The zero-order valence-corrected chi connectivity index (χ0v) is 16.5. The van der Waals surface area contributed by atoms with Crippen LogP contribution in [0.4, 0.5) is 0 Å². The second-order valence-corrected chi connectivity index (χ2v) is 6.79. The number of ether oxygens (including phenoxy) is 4. The number of hydrogen-bond acceptors (Lipinski definition) is 8. The van der Waals surface area contributed by atoms with Crippen molar-refractivity contribution < 1.29 is 39.1 Å². The lowest BCUT2D eigenvalue weighted by molar-refractivity contribution is -0.147. The first-order valence-electron chi connectivity index (χ1n) is 9.50. The van der Waals surface area contributed by atoms with Crippen LogP contribution in [0.15, 0.2) is 36.4 Å². The van der Waals surface area contributed by atoms with Gasteiger partial charge in [0.05, 0.1) is 7.11 Å². The first-order valence-corrected chi connectivity index (χ1v) is 9.50. The third kappa shape index (κ3) is 5.68. The molecule has 0 aromatic heterocycles. The maximum Gasteiger partial charge on any atom is 0.348 e. The first-order chi connectivity index (χ1) is 14.5. The van der Waals surface area contributed by atoms with Crippen molar-refractivity contribution in [1.29, 1.82) is 0 Å². The molecule has 2 aromatic carbocycles. The summed E-state index contributed by atoms with van der Waals surface area (Å²) in [5, 5.41) is 31.7. The number of benzene rings is 2. The maximum atomic E-state index is 11.0. The number of rotatable bonds is 10. The van der Waals surface area contributed by atoms with Crippen molar-refractivity contribution >= 4 is 5.97 Å². The van der Waals surface area contributed by atoms with Gasteiger partial charge in [0, 0.05) is 12.6 Å². The third-order valence-electron chi connectivity index (χ3n) is 4.49. The van der Waals surface area contributed by atoms with E-state index in [4.69, 9.17) is 24.1 Å². The van der Waals surface area contributed by atoms with E-state index in [-0.39, 0.29) is 19.0 Å². The average Bonchev–Trinajstić information content (AvgIpc) is 2.75. The fourth-order valence-electron chi connectivity index (χ4n) is 2.91. The standard InChI is InChI=1S/C21H25NO8/c1-27-18-9-14(23)3-5-16(18)28-11-15(24)10-22-7-6-13-2-4-17-19(8-13)29-12-20(30-17)21(25)26/h2-5,8-9,15,20,22-24H,6-7,10-12H2,1H3,(H,25,26)/t15-,20+/m0/s1. The molecular weight excluding hydrogens is 394 g/mol. The minimum Gasteiger partial charge on any atom is -0.508 e. The second kappa shape index (κ2) is 10.0. The van der Waals surface area contributed by atoms with Gasteiger partial charge in [-0.25, -0.2) is 4.79 Å². The van der Waals surface area contributed by atoms with Gasteiger partial charge < -0.3 is 39.6 Å². The predicted octanol–water partition coefficient (Wildman–Crippen LogP) is 1.20. The van der Waals surface area contributed by atoms with Crippen LogP contribution in [-0.4, -0.2) is 66.9 Å². The summed E-state index contributed by atoms with van der Waals surface area (Å²) in [6.07, 6.45) is -1.02. The highest BCUT2D eigenvalue weighted by atomic mass is 16.6. The fourth-order valence-corrected chi connectivity index (χ4v) is 2.91. The molecule has 9 nitrogen and oxygen atoms in total. The number of aliphatic carboxylic acids is 1. The summed E-state index contributed by atoms with van der Waals surface area (Å²) in [5.74, 6) is 0.797. The number of fused-ring (bicyclic) bond motifs is 1. The van der Waals surface area contributed by atoms with Gasteiger partial charge in [0.1, 0.15) is 25.1 Å². The molecule has 1 aliphatic heterocycles. The van der Waals surface area contributed by atoms with Gasteiger partial charge in [-0.15, -0.1) is 0 Å². The SMILES string of the molecule is COc1cc(O)ccc1OC[C@@H](O)CNCCc1ccc2c(c1)OC[C@H](C(=O)O)O2. The van der Waals surface area contributed by atoms with Crippen LogP contribution < -0.4 is 24.3 Å². The molecule has 162 valence electrons. The predicted molar refractivity (Wildman–Crippen MR) is 107 cm³/mol. The molecule has 1 aliphatic rings. The van der Waals surface area contributed by atoms with Crippen molar-refractivity contribution in [3.8, 4) is 28.7 Å². The summed E-state index contributed by atoms with van der Waals surface area (Å²) in [5.41, 5.74) is 0.998. The minimum absolute atomic E-state index is 0.0257. The lowest BCUT2D eigenvalue weighted by atomic mass is 10.1. The highest BCUT2D eigenvalue weighted by Gasteiger charge is 2.27. The van der Waals surface area contributed by atoms with E-state index in [0.29, 0.717) is 42.5 Å². The quantitative estimate of drug-likeness (QED) is 0.420. The molecule has 0 bridgehead atoms. The molecule has 0 unspecified atom stereocenters. The number of hydrogen-bond donors (Lipinski definition) is 4. The van der Waals surface area contributed by atoms with Crippen molar-refractivity contribution in [2.24, 2.45) is 0 Å². The number of aromatic hydroxyl groups is 1. The van der Waals surface area contributed by atoms with E-state index in [9.17, 15) is 15.0 Å². The van der Waals surface area contributed by atoms with E-state index >= 15 is 0 Å². The molecule has 0 saturated carbocycles. The topological polar surface area (TPSA) is 127 Å². The Bertz CT molecular complexity index is 872. The summed E-state index contributed by atoms with van der Waals surface area (Å²) >= 11 is 0. The molecule has 1 heterocycles. The summed E-state index contributed by atoms with van der Waals surface area (Å²) < 4.78 is 21.5. The van der Waals surface area contributed by atoms with Crippen LogP contribution in [0.5, 0.6) is 28.7 Å². The molecule has 0 aliphatic carbocycles. The number of aliphatic hydroxyl groups excluding tert-OH is 1. The first kappa shape index (κ1) is 21.5. The van der Waals surface area contributed by atoms with E-state index in [0.717, 1.165) is 5.56 Å².